The van der Waals surface area contributed by atoms with Crippen LogP contribution >= 0.6 is 11.3 Å². The van der Waals surface area contributed by atoms with Crippen molar-refractivity contribution in [3.05, 3.63) is 35.0 Å². The molecule has 2 N–H and O–H groups in total. The molecule has 0 radical (unpaired) electrons. The molecule has 2 aromatic heterocycles. The molecule has 0 saturated carbocycles. The van der Waals surface area contributed by atoms with Gasteiger partial charge in [0, 0.05) is 6.04 Å². The third kappa shape index (κ3) is 2.72. The maximum atomic E-state index is 8.77. The van der Waals surface area contributed by atoms with Crippen LogP contribution in [0.25, 0.3) is 0 Å². The van der Waals surface area contributed by atoms with Crippen molar-refractivity contribution >= 4 is 22.3 Å². The van der Waals surface area contributed by atoms with E-state index in [0.29, 0.717) is 16.1 Å². The molecule has 3 heterocycles. The first kappa shape index (κ1) is 12.1. The van der Waals surface area contributed by atoms with Gasteiger partial charge in [0.1, 0.15) is 16.8 Å². The minimum atomic E-state index is 0.354. The van der Waals surface area contributed by atoms with Gasteiger partial charge in [-0.05, 0) is 31.5 Å². The number of rotatable bonds is 3. The Morgan fingerprint density at radius 1 is 1.47 bits per heavy atom. The van der Waals surface area contributed by atoms with Gasteiger partial charge in [0.15, 0.2) is 5.13 Å². The number of hydrogen-bond acceptors (Lipinski definition) is 6. The maximum absolute atomic E-state index is 8.77. The molecule has 1 atom stereocenters. The third-order valence-electron chi connectivity index (χ3n) is 3.04. The van der Waals surface area contributed by atoms with Crippen LogP contribution in [-0.2, 0) is 0 Å². The van der Waals surface area contributed by atoms with Crippen molar-refractivity contribution in [3.63, 3.8) is 0 Å². The Balaban J connectivity index is 1.77. The van der Waals surface area contributed by atoms with E-state index >= 15 is 0 Å². The van der Waals surface area contributed by atoms with Crippen molar-refractivity contribution in [2.45, 2.75) is 18.9 Å². The number of thiazole rings is 1. The van der Waals surface area contributed by atoms with E-state index in [1.54, 1.807) is 6.20 Å². The second kappa shape index (κ2) is 5.34. The van der Waals surface area contributed by atoms with E-state index in [1.807, 2.05) is 18.2 Å². The Morgan fingerprint density at radius 3 is 3.16 bits per heavy atom. The zero-order chi connectivity index (χ0) is 13.1. The first-order chi connectivity index (χ1) is 9.35. The number of nitrogens with zero attached hydrogens (tertiary/aromatic N) is 3. The van der Waals surface area contributed by atoms with Gasteiger partial charge in [0.25, 0.3) is 0 Å². The van der Waals surface area contributed by atoms with E-state index in [4.69, 9.17) is 5.26 Å². The van der Waals surface area contributed by atoms with E-state index in [-0.39, 0.29) is 0 Å². The summed E-state index contributed by atoms with van der Waals surface area (Å²) in [6.07, 6.45) is 3.89. The maximum Gasteiger partial charge on any atom is 0.189 e. The lowest BCUT2D eigenvalue weighted by molar-refractivity contribution is 0.629. The molecule has 3 rings (SSSR count). The Kier molecular flexibility index (Phi) is 3.40. The Bertz CT molecular complexity index is 609. The molecular formula is C13H13N5S. The second-order valence-electron chi connectivity index (χ2n) is 4.36. The lowest BCUT2D eigenvalue weighted by Crippen LogP contribution is -2.14. The van der Waals surface area contributed by atoms with Gasteiger partial charge < -0.3 is 10.6 Å². The minimum absolute atomic E-state index is 0.354. The first-order valence-electron chi connectivity index (χ1n) is 6.18. The average molecular weight is 271 g/mol. The molecule has 6 heteroatoms. The summed E-state index contributed by atoms with van der Waals surface area (Å²) >= 11 is 1.33. The zero-order valence-electron chi connectivity index (χ0n) is 10.3. The minimum Gasteiger partial charge on any atom is -0.316 e. The fourth-order valence-electron chi connectivity index (χ4n) is 2.15. The quantitative estimate of drug-likeness (QED) is 0.897. The summed E-state index contributed by atoms with van der Waals surface area (Å²) in [4.78, 5) is 9.33. The largest absolute Gasteiger partial charge is 0.316 e. The molecule has 0 bridgehead atoms. The molecule has 1 fully saturated rings. The van der Waals surface area contributed by atoms with Gasteiger partial charge in [-0.1, -0.05) is 17.4 Å². The highest BCUT2D eigenvalue weighted by Gasteiger charge is 2.17. The molecule has 0 aliphatic carbocycles. The van der Waals surface area contributed by atoms with Crippen molar-refractivity contribution in [1.82, 2.24) is 15.3 Å². The summed E-state index contributed by atoms with van der Waals surface area (Å²) in [6, 6.07) is 8.37. The molecule has 96 valence electrons. The SMILES string of the molecule is N#Cc1cnc(Nc2cccc([C@@H]3CCCN3)n2)s1. The van der Waals surface area contributed by atoms with Gasteiger partial charge in [-0.15, -0.1) is 0 Å². The van der Waals surface area contributed by atoms with Gasteiger partial charge in [-0.2, -0.15) is 5.26 Å². The normalized spacial score (nSPS) is 18.2. The molecule has 19 heavy (non-hydrogen) atoms. The van der Waals surface area contributed by atoms with E-state index in [9.17, 15) is 0 Å². The zero-order valence-corrected chi connectivity index (χ0v) is 11.1. The van der Waals surface area contributed by atoms with Crippen LogP contribution < -0.4 is 10.6 Å². The van der Waals surface area contributed by atoms with E-state index in [2.05, 4.69) is 26.7 Å². The number of aromatic nitrogens is 2. The highest BCUT2D eigenvalue weighted by Crippen LogP contribution is 2.24. The first-order valence-corrected chi connectivity index (χ1v) is 7.00. The summed E-state index contributed by atoms with van der Waals surface area (Å²) < 4.78 is 0. The summed E-state index contributed by atoms with van der Waals surface area (Å²) in [5.74, 6) is 0.769. The average Bonchev–Trinajstić information content (AvgIpc) is 3.10. The summed E-state index contributed by atoms with van der Waals surface area (Å²) in [5, 5.41) is 16.0. The van der Waals surface area contributed by atoms with Crippen molar-refractivity contribution in [3.8, 4) is 6.07 Å². The molecular weight excluding hydrogens is 258 g/mol. The fraction of sp³-hybridized carbons (Fsp3) is 0.308. The van der Waals surface area contributed by atoms with Gasteiger partial charge >= 0.3 is 0 Å². The number of anilines is 2. The van der Waals surface area contributed by atoms with Crippen LogP contribution in [0.15, 0.2) is 24.4 Å². The van der Waals surface area contributed by atoms with Crippen molar-refractivity contribution in [2.75, 3.05) is 11.9 Å². The number of nitrogens with one attached hydrogen (secondary N) is 2. The Labute approximate surface area is 115 Å². The molecule has 1 saturated heterocycles. The third-order valence-corrected chi connectivity index (χ3v) is 3.86. The van der Waals surface area contributed by atoms with E-state index in [0.717, 1.165) is 24.5 Å². The van der Waals surface area contributed by atoms with Crippen molar-refractivity contribution in [2.24, 2.45) is 0 Å². The number of pyridine rings is 1. The van der Waals surface area contributed by atoms with E-state index < -0.39 is 0 Å². The topological polar surface area (TPSA) is 73.6 Å². The standard InChI is InChI=1S/C13H13N5S/c14-7-9-8-16-13(19-9)18-12-5-1-3-11(17-12)10-4-2-6-15-10/h1,3,5,8,10,15H,2,4,6H2,(H,16,17,18)/t10-/m0/s1. The molecule has 0 amide bonds. The number of nitriles is 1. The molecule has 2 aromatic rings. The van der Waals surface area contributed by atoms with Crippen LogP contribution in [0.1, 0.15) is 29.5 Å². The molecule has 0 spiro atoms. The highest BCUT2D eigenvalue weighted by molar-refractivity contribution is 7.16. The number of hydrogen-bond donors (Lipinski definition) is 2. The summed E-state index contributed by atoms with van der Waals surface area (Å²) in [7, 11) is 0. The van der Waals surface area contributed by atoms with Crippen LogP contribution in [0.2, 0.25) is 0 Å². The van der Waals surface area contributed by atoms with Gasteiger partial charge in [0.2, 0.25) is 0 Å². The van der Waals surface area contributed by atoms with Crippen LogP contribution in [0.4, 0.5) is 10.9 Å². The van der Waals surface area contributed by atoms with Crippen LogP contribution in [0.3, 0.4) is 0 Å². The molecule has 0 aromatic carbocycles. The van der Waals surface area contributed by atoms with Crippen molar-refractivity contribution in [1.29, 1.82) is 5.26 Å². The Morgan fingerprint density at radius 2 is 2.42 bits per heavy atom. The summed E-state index contributed by atoms with van der Waals surface area (Å²) in [6.45, 7) is 1.06. The van der Waals surface area contributed by atoms with Gasteiger partial charge in [0.05, 0.1) is 11.9 Å². The molecule has 1 aliphatic rings. The van der Waals surface area contributed by atoms with Crippen LogP contribution in [-0.4, -0.2) is 16.5 Å². The van der Waals surface area contributed by atoms with E-state index in [1.165, 1.54) is 17.8 Å². The monoisotopic (exact) mass is 271 g/mol. The highest BCUT2D eigenvalue weighted by atomic mass is 32.1. The van der Waals surface area contributed by atoms with Crippen LogP contribution in [0.5, 0.6) is 0 Å². The molecule has 1 aliphatic heterocycles. The van der Waals surface area contributed by atoms with Gasteiger partial charge in [-0.25, -0.2) is 9.97 Å². The predicted molar refractivity (Wildman–Crippen MR) is 74.3 cm³/mol. The summed E-state index contributed by atoms with van der Waals surface area (Å²) in [5.41, 5.74) is 1.06. The predicted octanol–water partition coefficient (Wildman–Crippen LogP) is 2.58. The second-order valence-corrected chi connectivity index (χ2v) is 5.39. The Hall–Kier alpha value is -1.97. The van der Waals surface area contributed by atoms with Crippen LogP contribution in [0, 0.1) is 11.3 Å². The molecule has 5 nitrogen and oxygen atoms in total. The van der Waals surface area contributed by atoms with Gasteiger partial charge in [-0.3, -0.25) is 0 Å². The molecule has 0 unspecified atom stereocenters. The lowest BCUT2D eigenvalue weighted by Gasteiger charge is -2.11. The lowest BCUT2D eigenvalue weighted by atomic mass is 10.1. The fourth-order valence-corrected chi connectivity index (χ4v) is 2.77. The smallest absolute Gasteiger partial charge is 0.189 e. The van der Waals surface area contributed by atoms with Crippen molar-refractivity contribution < 1.29 is 0 Å².